The van der Waals surface area contributed by atoms with Gasteiger partial charge in [-0.3, -0.25) is 0 Å². The first-order valence-electron chi connectivity index (χ1n) is 1.22. The van der Waals surface area contributed by atoms with Crippen molar-refractivity contribution in [2.45, 2.75) is 6.42 Å². The Morgan fingerprint density at radius 1 is 2.00 bits per heavy atom. The molecule has 1 nitrogen and oxygen atoms in total. The van der Waals surface area contributed by atoms with Crippen molar-refractivity contribution in [2.75, 3.05) is 0 Å². The fraction of sp³-hybridized carbons (Fsp3) is 0.333. The molecule has 0 saturated heterocycles. The van der Waals surface area contributed by atoms with E-state index in [1.807, 2.05) is 0 Å². The molecule has 0 heterocycles. The Hall–Kier alpha value is 0.0500. The highest BCUT2D eigenvalue weighted by Crippen LogP contribution is 1.70. The number of aliphatic hydroxyl groups is 1. The smallest absolute Gasteiger partial charge is 0.0851 e. The number of aliphatic hydroxyl groups excluding tert-OH is 1. The van der Waals surface area contributed by atoms with E-state index in [4.69, 9.17) is 5.11 Å². The SMILES string of the molecule is O[CH]C[C]=S. The number of hydrogen-bond donors (Lipinski definition) is 1. The minimum atomic E-state index is 0.384. The molecule has 0 aliphatic carbocycles. The standard InChI is InChI=1S/C3H4OS/c4-2-1-3-5/h2,4H,1H2. The molecule has 28 valence electrons. The molecular formula is C3H4OS. The van der Waals surface area contributed by atoms with Crippen LogP contribution in [0.15, 0.2) is 0 Å². The fourth-order valence-corrected chi connectivity index (χ4v) is 0.112. The zero-order valence-corrected chi connectivity index (χ0v) is 3.46. The van der Waals surface area contributed by atoms with Gasteiger partial charge < -0.3 is 5.11 Å². The lowest BCUT2D eigenvalue weighted by Crippen LogP contribution is -1.67. The van der Waals surface area contributed by atoms with Crippen molar-refractivity contribution >= 4 is 17.6 Å². The molecule has 1 N–H and O–H groups in total. The Bertz CT molecular complexity index is 28.1. The first-order chi connectivity index (χ1) is 2.41. The average Bonchev–Trinajstić information content (AvgIpc) is 1.41. The summed E-state index contributed by atoms with van der Waals surface area (Å²) in [5.74, 6) is 0. The van der Waals surface area contributed by atoms with Gasteiger partial charge in [-0.15, -0.1) is 0 Å². The van der Waals surface area contributed by atoms with Gasteiger partial charge in [0.05, 0.1) is 6.61 Å². The lowest BCUT2D eigenvalue weighted by molar-refractivity contribution is 0.393. The number of hydrogen-bond acceptors (Lipinski definition) is 2. The minimum absolute atomic E-state index is 0.384. The van der Waals surface area contributed by atoms with E-state index in [1.165, 1.54) is 0 Å². The zero-order valence-electron chi connectivity index (χ0n) is 2.64. The van der Waals surface area contributed by atoms with E-state index in [0.717, 1.165) is 6.61 Å². The molecule has 0 fully saturated rings. The molecule has 5 heavy (non-hydrogen) atoms. The van der Waals surface area contributed by atoms with Gasteiger partial charge in [0.15, 0.2) is 0 Å². The van der Waals surface area contributed by atoms with Gasteiger partial charge in [0.2, 0.25) is 0 Å². The molecule has 0 atom stereocenters. The second-order valence-corrected chi connectivity index (χ2v) is 0.820. The van der Waals surface area contributed by atoms with Gasteiger partial charge in [0.1, 0.15) is 0 Å². The molecule has 0 aromatic carbocycles. The fourth-order valence-electron chi connectivity index (χ4n) is 0.0373. The lowest BCUT2D eigenvalue weighted by Gasteiger charge is -1.69. The average molecular weight is 88.1 g/mol. The summed E-state index contributed by atoms with van der Waals surface area (Å²) in [7, 11) is 0. The minimum Gasteiger partial charge on any atom is -0.390 e. The highest BCUT2D eigenvalue weighted by atomic mass is 32.1. The molecule has 2 radical (unpaired) electrons. The summed E-state index contributed by atoms with van der Waals surface area (Å²) in [6.07, 6.45) is 0.384. The van der Waals surface area contributed by atoms with Crippen LogP contribution < -0.4 is 0 Å². The zero-order chi connectivity index (χ0) is 4.12. The predicted octanol–water partition coefficient (Wildman–Crippen LogP) is 0.787. The highest BCUT2D eigenvalue weighted by Gasteiger charge is 1.67. The van der Waals surface area contributed by atoms with Crippen LogP contribution in [0.3, 0.4) is 0 Å². The van der Waals surface area contributed by atoms with Crippen LogP contribution in [-0.4, -0.2) is 10.5 Å². The van der Waals surface area contributed by atoms with E-state index >= 15 is 0 Å². The van der Waals surface area contributed by atoms with Crippen molar-refractivity contribution in [3.63, 3.8) is 0 Å². The van der Waals surface area contributed by atoms with Crippen molar-refractivity contribution < 1.29 is 5.11 Å². The normalized spacial score (nSPS) is 7.40. The molecular weight excluding hydrogens is 84.1 g/mol. The summed E-state index contributed by atoms with van der Waals surface area (Å²) in [5.41, 5.74) is 0. The maximum atomic E-state index is 7.81. The van der Waals surface area contributed by atoms with Gasteiger partial charge in [0, 0.05) is 11.8 Å². The largest absolute Gasteiger partial charge is 0.390 e. The highest BCUT2D eigenvalue weighted by molar-refractivity contribution is 7.78. The van der Waals surface area contributed by atoms with Gasteiger partial charge in [-0.25, -0.2) is 0 Å². The quantitative estimate of drug-likeness (QED) is 0.503. The Labute approximate surface area is 36.6 Å². The van der Waals surface area contributed by atoms with Crippen LogP contribution in [0, 0.1) is 6.61 Å². The summed E-state index contributed by atoms with van der Waals surface area (Å²) in [5, 5.41) is 10.1. The topological polar surface area (TPSA) is 20.2 Å². The maximum absolute atomic E-state index is 7.81. The van der Waals surface area contributed by atoms with Crippen LogP contribution in [0.4, 0.5) is 0 Å². The molecule has 0 rings (SSSR count). The predicted molar refractivity (Wildman–Crippen MR) is 23.5 cm³/mol. The molecule has 0 spiro atoms. The first kappa shape index (κ1) is 5.05. The molecule has 0 aliphatic heterocycles. The summed E-state index contributed by atoms with van der Waals surface area (Å²) in [4.78, 5) is 0. The van der Waals surface area contributed by atoms with E-state index in [1.54, 1.807) is 0 Å². The van der Waals surface area contributed by atoms with Gasteiger partial charge in [-0.1, -0.05) is 12.2 Å². The van der Waals surface area contributed by atoms with Gasteiger partial charge in [0.25, 0.3) is 0 Å². The maximum Gasteiger partial charge on any atom is 0.0851 e. The van der Waals surface area contributed by atoms with Crippen LogP contribution in [0.25, 0.3) is 0 Å². The van der Waals surface area contributed by atoms with Crippen molar-refractivity contribution in [3.05, 3.63) is 6.61 Å². The molecule has 0 aromatic rings. The van der Waals surface area contributed by atoms with Crippen molar-refractivity contribution in [1.29, 1.82) is 0 Å². The molecule has 0 aliphatic rings. The Morgan fingerprint density at radius 3 is 2.60 bits per heavy atom. The second-order valence-electron chi connectivity index (χ2n) is 0.531. The molecule has 0 unspecified atom stereocenters. The monoisotopic (exact) mass is 88.0 g/mol. The van der Waals surface area contributed by atoms with Crippen LogP contribution >= 0.6 is 12.2 Å². The summed E-state index contributed by atoms with van der Waals surface area (Å²) in [6.45, 7) is 0.965. The lowest BCUT2D eigenvalue weighted by atomic mass is 10.5. The molecule has 0 aromatic heterocycles. The van der Waals surface area contributed by atoms with Crippen LogP contribution in [0.2, 0.25) is 0 Å². The molecule has 2 heteroatoms. The van der Waals surface area contributed by atoms with Crippen molar-refractivity contribution in [2.24, 2.45) is 0 Å². The Kier molecular flexibility index (Phi) is 4.09. The molecule has 0 amide bonds. The number of thiocarbonyl (C=S) groups is 1. The summed E-state index contributed by atoms with van der Waals surface area (Å²) in [6, 6.07) is 0. The summed E-state index contributed by atoms with van der Waals surface area (Å²) >= 11 is 4.21. The third-order valence-corrected chi connectivity index (χ3v) is 0.341. The second kappa shape index (κ2) is 4.05. The van der Waals surface area contributed by atoms with E-state index in [0.29, 0.717) is 6.42 Å². The van der Waals surface area contributed by atoms with Crippen LogP contribution in [0.1, 0.15) is 6.42 Å². The Morgan fingerprint density at radius 2 is 2.60 bits per heavy atom. The van der Waals surface area contributed by atoms with Crippen LogP contribution in [0.5, 0.6) is 0 Å². The van der Waals surface area contributed by atoms with Crippen LogP contribution in [-0.2, 0) is 0 Å². The van der Waals surface area contributed by atoms with Crippen molar-refractivity contribution in [3.8, 4) is 0 Å². The van der Waals surface area contributed by atoms with E-state index in [-0.39, 0.29) is 0 Å². The van der Waals surface area contributed by atoms with E-state index in [9.17, 15) is 0 Å². The molecule has 0 bridgehead atoms. The number of rotatable bonds is 2. The first-order valence-corrected chi connectivity index (χ1v) is 1.63. The Balaban J connectivity index is 2.40. The molecule has 0 saturated carbocycles. The van der Waals surface area contributed by atoms with E-state index < -0.39 is 0 Å². The van der Waals surface area contributed by atoms with E-state index in [2.05, 4.69) is 17.6 Å². The van der Waals surface area contributed by atoms with Gasteiger partial charge in [-0.2, -0.15) is 0 Å². The third kappa shape index (κ3) is 4.05. The third-order valence-electron chi connectivity index (χ3n) is 0.175. The van der Waals surface area contributed by atoms with Crippen molar-refractivity contribution in [1.82, 2.24) is 0 Å². The van der Waals surface area contributed by atoms with Gasteiger partial charge in [-0.05, 0) is 0 Å². The van der Waals surface area contributed by atoms with Gasteiger partial charge >= 0.3 is 0 Å². The summed E-state index contributed by atoms with van der Waals surface area (Å²) < 4.78 is 0.